The van der Waals surface area contributed by atoms with Crippen LogP contribution >= 0.6 is 0 Å². The van der Waals surface area contributed by atoms with E-state index in [9.17, 15) is 0 Å². The van der Waals surface area contributed by atoms with Crippen molar-refractivity contribution in [2.24, 2.45) is 0 Å². The Morgan fingerprint density at radius 1 is 0.308 bits per heavy atom. The van der Waals surface area contributed by atoms with Crippen LogP contribution in [-0.4, -0.2) is 0 Å². The minimum absolute atomic E-state index is 1.09. The van der Waals surface area contributed by atoms with Crippen LogP contribution in [-0.2, 0) is 6.42 Å². The van der Waals surface area contributed by atoms with Crippen molar-refractivity contribution in [3.05, 3.63) is 169 Å². The Labute approximate surface area is 230 Å². The number of para-hydroxylation sites is 2. The van der Waals surface area contributed by atoms with Crippen molar-refractivity contribution in [2.75, 3.05) is 10.6 Å². The molecule has 2 heteroatoms. The van der Waals surface area contributed by atoms with E-state index in [0.717, 1.165) is 29.2 Å². The maximum atomic E-state index is 3.41. The lowest BCUT2D eigenvalue weighted by molar-refractivity contribution is 1.26. The van der Waals surface area contributed by atoms with Crippen LogP contribution in [0.25, 0.3) is 22.3 Å². The molecule has 0 unspecified atom stereocenters. The van der Waals surface area contributed by atoms with Crippen LogP contribution in [0.4, 0.5) is 22.7 Å². The Bertz CT molecular complexity index is 1510. The minimum atomic E-state index is 1.09. The molecule has 7 rings (SSSR count). The zero-order valence-electron chi connectivity index (χ0n) is 21.7. The van der Waals surface area contributed by atoms with Crippen LogP contribution in [0.1, 0.15) is 11.1 Å². The second kappa shape index (κ2) is 11.5. The number of benzene rings is 6. The zero-order valence-corrected chi connectivity index (χ0v) is 21.7. The Hall–Kier alpha value is -5.08. The number of anilines is 4. The molecule has 0 spiro atoms. The summed E-state index contributed by atoms with van der Waals surface area (Å²) < 4.78 is 0. The molecular formula is C37H30N2. The summed E-state index contributed by atoms with van der Waals surface area (Å²) in [7, 11) is 0. The third-order valence-corrected chi connectivity index (χ3v) is 6.93. The number of fused-ring (bicyclic) bond motifs is 3. The van der Waals surface area contributed by atoms with Gasteiger partial charge in [0.1, 0.15) is 0 Å². The third kappa shape index (κ3) is 5.92. The van der Waals surface area contributed by atoms with Crippen LogP contribution in [0.2, 0.25) is 0 Å². The Balaban J connectivity index is 0.000000176. The van der Waals surface area contributed by atoms with E-state index in [-0.39, 0.29) is 0 Å². The smallest absolute Gasteiger partial charge is 0.0384 e. The monoisotopic (exact) mass is 502 g/mol. The Morgan fingerprint density at radius 3 is 1.05 bits per heavy atom. The quantitative estimate of drug-likeness (QED) is 0.245. The molecule has 188 valence electrons. The van der Waals surface area contributed by atoms with Crippen LogP contribution in [0, 0.1) is 0 Å². The van der Waals surface area contributed by atoms with Crippen molar-refractivity contribution in [1.82, 2.24) is 0 Å². The standard InChI is InChI=1S/C24H20N2.C13H10/c1-3-7-21(8-4-1)25-23-15-11-19(12-16-23)20-13-17-24(18-14-20)26-22-9-5-2-6-10-22;1-3-7-12-10(5-1)9-11-6-2-4-8-13(11)12/h1-18,25-26H;1-8H,9H2. The van der Waals surface area contributed by atoms with Crippen molar-refractivity contribution in [1.29, 1.82) is 0 Å². The number of nitrogens with one attached hydrogen (secondary N) is 2. The molecule has 0 radical (unpaired) electrons. The molecule has 39 heavy (non-hydrogen) atoms. The molecule has 6 aromatic rings. The van der Waals surface area contributed by atoms with Gasteiger partial charge in [-0.3, -0.25) is 0 Å². The van der Waals surface area contributed by atoms with E-state index in [2.05, 4.69) is 132 Å². The van der Waals surface area contributed by atoms with Crippen LogP contribution in [0.5, 0.6) is 0 Å². The second-order valence-electron chi connectivity index (χ2n) is 9.63. The highest BCUT2D eigenvalue weighted by Gasteiger charge is 2.15. The average Bonchev–Trinajstić information content (AvgIpc) is 3.38. The molecule has 0 aliphatic heterocycles. The van der Waals surface area contributed by atoms with Gasteiger partial charge in [0.25, 0.3) is 0 Å². The van der Waals surface area contributed by atoms with Crippen molar-refractivity contribution < 1.29 is 0 Å². The Kier molecular flexibility index (Phi) is 7.18. The fourth-order valence-corrected chi connectivity index (χ4v) is 4.95. The van der Waals surface area contributed by atoms with Gasteiger partial charge in [-0.15, -0.1) is 0 Å². The van der Waals surface area contributed by atoms with Gasteiger partial charge >= 0.3 is 0 Å². The van der Waals surface area contributed by atoms with Crippen molar-refractivity contribution in [3.63, 3.8) is 0 Å². The molecule has 0 saturated heterocycles. The minimum Gasteiger partial charge on any atom is -0.356 e. The maximum Gasteiger partial charge on any atom is 0.0384 e. The summed E-state index contributed by atoms with van der Waals surface area (Å²) in [5, 5.41) is 6.82. The van der Waals surface area contributed by atoms with Gasteiger partial charge in [-0.2, -0.15) is 0 Å². The second-order valence-corrected chi connectivity index (χ2v) is 9.63. The van der Waals surface area contributed by atoms with Crippen LogP contribution in [0.15, 0.2) is 158 Å². The molecule has 6 aromatic carbocycles. The summed E-state index contributed by atoms with van der Waals surface area (Å²) >= 11 is 0. The summed E-state index contributed by atoms with van der Waals surface area (Å²) in [5.74, 6) is 0. The largest absolute Gasteiger partial charge is 0.356 e. The van der Waals surface area contributed by atoms with E-state index < -0.39 is 0 Å². The first-order valence-electron chi connectivity index (χ1n) is 13.3. The van der Waals surface area contributed by atoms with E-state index in [1.165, 1.54) is 33.4 Å². The highest BCUT2D eigenvalue weighted by atomic mass is 14.9. The lowest BCUT2D eigenvalue weighted by Gasteiger charge is -2.09. The van der Waals surface area contributed by atoms with Crippen LogP contribution < -0.4 is 10.6 Å². The summed E-state index contributed by atoms with van der Waals surface area (Å²) in [6.07, 6.45) is 1.10. The van der Waals surface area contributed by atoms with E-state index >= 15 is 0 Å². The van der Waals surface area contributed by atoms with E-state index in [1.54, 1.807) is 0 Å². The number of hydrogen-bond donors (Lipinski definition) is 2. The van der Waals surface area contributed by atoms with Gasteiger partial charge in [0.05, 0.1) is 0 Å². The molecule has 0 amide bonds. The van der Waals surface area contributed by atoms with Crippen molar-refractivity contribution >= 4 is 22.7 Å². The van der Waals surface area contributed by atoms with Gasteiger partial charge in [0, 0.05) is 22.7 Å². The molecule has 0 saturated carbocycles. The molecule has 0 atom stereocenters. The lowest BCUT2D eigenvalue weighted by Crippen LogP contribution is -1.90. The maximum absolute atomic E-state index is 3.41. The SMILES string of the molecule is c1ccc(Nc2ccc(-c3ccc(Nc4ccccc4)cc3)cc2)cc1.c1ccc2c(c1)Cc1ccccc1-2. The predicted octanol–water partition coefficient (Wildman–Crippen LogP) is 10.1. The molecule has 2 N–H and O–H groups in total. The van der Waals surface area contributed by atoms with Gasteiger partial charge in [-0.1, -0.05) is 109 Å². The van der Waals surface area contributed by atoms with E-state index in [4.69, 9.17) is 0 Å². The molecule has 0 bridgehead atoms. The summed E-state index contributed by atoms with van der Waals surface area (Å²) in [6, 6.07) is 54.7. The summed E-state index contributed by atoms with van der Waals surface area (Å²) in [4.78, 5) is 0. The molecule has 0 fully saturated rings. The highest BCUT2D eigenvalue weighted by molar-refractivity contribution is 5.76. The van der Waals surface area contributed by atoms with Gasteiger partial charge < -0.3 is 10.6 Å². The first-order valence-corrected chi connectivity index (χ1v) is 13.3. The van der Waals surface area contributed by atoms with Crippen molar-refractivity contribution in [2.45, 2.75) is 6.42 Å². The average molecular weight is 503 g/mol. The fourth-order valence-electron chi connectivity index (χ4n) is 4.95. The molecule has 0 aromatic heterocycles. The normalized spacial score (nSPS) is 11.0. The lowest BCUT2D eigenvalue weighted by atomic mass is 10.0. The van der Waals surface area contributed by atoms with E-state index in [0.29, 0.717) is 0 Å². The van der Waals surface area contributed by atoms with Gasteiger partial charge in [-0.05, 0) is 88.3 Å². The first-order chi connectivity index (χ1) is 19.3. The summed E-state index contributed by atoms with van der Waals surface area (Å²) in [6.45, 7) is 0. The molecular weight excluding hydrogens is 472 g/mol. The Morgan fingerprint density at radius 2 is 0.641 bits per heavy atom. The predicted molar refractivity (Wildman–Crippen MR) is 166 cm³/mol. The fraction of sp³-hybridized carbons (Fsp3) is 0.0270. The third-order valence-electron chi connectivity index (χ3n) is 6.93. The summed E-state index contributed by atoms with van der Waals surface area (Å²) in [5.41, 5.74) is 12.5. The molecule has 1 aliphatic carbocycles. The molecule has 2 nitrogen and oxygen atoms in total. The number of rotatable bonds is 5. The van der Waals surface area contributed by atoms with Gasteiger partial charge in [0.15, 0.2) is 0 Å². The van der Waals surface area contributed by atoms with Crippen LogP contribution in [0.3, 0.4) is 0 Å². The highest BCUT2D eigenvalue weighted by Crippen LogP contribution is 2.35. The topological polar surface area (TPSA) is 24.1 Å². The van der Waals surface area contributed by atoms with Gasteiger partial charge in [-0.25, -0.2) is 0 Å². The van der Waals surface area contributed by atoms with Gasteiger partial charge in [0.2, 0.25) is 0 Å². The molecule has 1 aliphatic rings. The van der Waals surface area contributed by atoms with E-state index in [1.807, 2.05) is 36.4 Å². The van der Waals surface area contributed by atoms with Crippen molar-refractivity contribution in [3.8, 4) is 22.3 Å². The molecule has 0 heterocycles. The first kappa shape index (κ1) is 24.3. The number of hydrogen-bond acceptors (Lipinski definition) is 2. The zero-order chi connectivity index (χ0) is 26.3.